The zero-order valence-electron chi connectivity index (χ0n) is 9.81. The molecule has 3 nitrogen and oxygen atoms in total. The predicted octanol–water partition coefficient (Wildman–Crippen LogP) is 2.81. The molecule has 1 atom stereocenters. The maximum absolute atomic E-state index is 6.04. The number of rotatable bonds is 4. The molecular weight excluding hydrogens is 234 g/mol. The van der Waals surface area contributed by atoms with Crippen LogP contribution in [0.2, 0.25) is 5.02 Å². The van der Waals surface area contributed by atoms with E-state index in [2.05, 4.69) is 11.9 Å². The normalized spacial score (nSPS) is 12.6. The quantitative estimate of drug-likeness (QED) is 0.906. The second-order valence-electron chi connectivity index (χ2n) is 4.12. The van der Waals surface area contributed by atoms with Crippen molar-refractivity contribution >= 4 is 11.6 Å². The minimum atomic E-state index is 0.179. The van der Waals surface area contributed by atoms with Crippen molar-refractivity contribution in [1.82, 2.24) is 9.55 Å². The molecule has 1 heterocycles. The molecule has 4 heteroatoms. The molecule has 0 bridgehead atoms. The van der Waals surface area contributed by atoms with E-state index in [1.54, 1.807) is 12.5 Å². The summed E-state index contributed by atoms with van der Waals surface area (Å²) in [5.41, 5.74) is 8.26. The van der Waals surface area contributed by atoms with Crippen LogP contribution in [0.15, 0.2) is 36.9 Å². The second-order valence-corrected chi connectivity index (χ2v) is 4.55. The van der Waals surface area contributed by atoms with Crippen molar-refractivity contribution in [3.8, 4) is 5.69 Å². The summed E-state index contributed by atoms with van der Waals surface area (Å²) in [5.74, 6) is 0. The van der Waals surface area contributed by atoms with Crippen LogP contribution in [-0.4, -0.2) is 15.6 Å². The van der Waals surface area contributed by atoms with E-state index in [0.717, 1.165) is 23.6 Å². The fourth-order valence-corrected chi connectivity index (χ4v) is 1.94. The molecule has 1 unspecified atom stereocenters. The first-order chi connectivity index (χ1) is 8.20. The van der Waals surface area contributed by atoms with E-state index in [-0.39, 0.29) is 6.04 Å². The summed E-state index contributed by atoms with van der Waals surface area (Å²) in [7, 11) is 0. The first kappa shape index (κ1) is 12.1. The van der Waals surface area contributed by atoms with Gasteiger partial charge < -0.3 is 10.3 Å². The number of hydrogen-bond donors (Lipinski definition) is 1. The van der Waals surface area contributed by atoms with Gasteiger partial charge >= 0.3 is 0 Å². The molecule has 1 aromatic heterocycles. The molecule has 2 aromatic rings. The maximum atomic E-state index is 6.04. The van der Waals surface area contributed by atoms with Gasteiger partial charge in [-0.2, -0.15) is 0 Å². The van der Waals surface area contributed by atoms with E-state index in [1.165, 1.54) is 5.56 Å². The van der Waals surface area contributed by atoms with Crippen LogP contribution in [0.5, 0.6) is 0 Å². The molecule has 0 saturated heterocycles. The average molecular weight is 250 g/mol. The van der Waals surface area contributed by atoms with E-state index < -0.39 is 0 Å². The predicted molar refractivity (Wildman–Crippen MR) is 70.5 cm³/mol. The molecule has 0 aliphatic heterocycles. The first-order valence-electron chi connectivity index (χ1n) is 5.73. The van der Waals surface area contributed by atoms with E-state index in [9.17, 15) is 0 Å². The minimum absolute atomic E-state index is 0.179. The minimum Gasteiger partial charge on any atom is -0.327 e. The second kappa shape index (κ2) is 5.34. The van der Waals surface area contributed by atoms with Crippen molar-refractivity contribution in [1.29, 1.82) is 0 Å². The Morgan fingerprint density at radius 3 is 2.94 bits per heavy atom. The Balaban J connectivity index is 2.38. The highest BCUT2D eigenvalue weighted by molar-refractivity contribution is 6.30. The van der Waals surface area contributed by atoms with Crippen molar-refractivity contribution in [2.45, 2.75) is 25.8 Å². The lowest BCUT2D eigenvalue weighted by molar-refractivity contribution is 0.644. The van der Waals surface area contributed by atoms with Crippen LogP contribution in [0, 0.1) is 0 Å². The zero-order valence-corrected chi connectivity index (χ0v) is 10.6. The Morgan fingerprint density at radius 1 is 1.47 bits per heavy atom. The van der Waals surface area contributed by atoms with Gasteiger partial charge in [-0.3, -0.25) is 0 Å². The van der Waals surface area contributed by atoms with Gasteiger partial charge in [0.05, 0.1) is 12.0 Å². The smallest absolute Gasteiger partial charge is 0.0991 e. The number of halogens is 1. The summed E-state index contributed by atoms with van der Waals surface area (Å²) in [4.78, 5) is 4.06. The summed E-state index contributed by atoms with van der Waals surface area (Å²) in [6.45, 7) is 2.09. The molecule has 0 fully saturated rings. The Bertz CT molecular complexity index is 479. The van der Waals surface area contributed by atoms with Gasteiger partial charge in [-0.15, -0.1) is 0 Å². The van der Waals surface area contributed by atoms with Crippen molar-refractivity contribution < 1.29 is 0 Å². The number of hydrogen-bond acceptors (Lipinski definition) is 2. The third-order valence-corrected chi connectivity index (χ3v) is 3.07. The van der Waals surface area contributed by atoms with E-state index >= 15 is 0 Å². The van der Waals surface area contributed by atoms with Gasteiger partial charge in [-0.05, 0) is 30.5 Å². The average Bonchev–Trinajstić information content (AvgIpc) is 2.84. The molecule has 0 radical (unpaired) electrons. The molecule has 0 spiro atoms. The van der Waals surface area contributed by atoms with Crippen LogP contribution in [0.25, 0.3) is 5.69 Å². The third kappa shape index (κ3) is 2.87. The van der Waals surface area contributed by atoms with Crippen molar-refractivity contribution in [3.63, 3.8) is 0 Å². The molecule has 0 amide bonds. The van der Waals surface area contributed by atoms with Crippen LogP contribution in [0.1, 0.15) is 18.9 Å². The van der Waals surface area contributed by atoms with Gasteiger partial charge in [0.2, 0.25) is 0 Å². The third-order valence-electron chi connectivity index (χ3n) is 2.84. The summed E-state index contributed by atoms with van der Waals surface area (Å²) in [6, 6.07) is 6.06. The number of benzene rings is 1. The number of aromatic nitrogens is 2. The Kier molecular flexibility index (Phi) is 3.82. The van der Waals surface area contributed by atoms with Gasteiger partial charge in [0.1, 0.15) is 0 Å². The Morgan fingerprint density at radius 2 is 2.29 bits per heavy atom. The highest BCUT2D eigenvalue weighted by atomic mass is 35.5. The SMILES string of the molecule is CCC(N)Cc1ccc(Cl)cc1-n1ccnc1. The summed E-state index contributed by atoms with van der Waals surface area (Å²) < 4.78 is 1.96. The van der Waals surface area contributed by atoms with Crippen LogP contribution in [0.3, 0.4) is 0 Å². The molecule has 2 N–H and O–H groups in total. The van der Waals surface area contributed by atoms with Crippen LogP contribution < -0.4 is 5.73 Å². The highest BCUT2D eigenvalue weighted by Gasteiger charge is 2.08. The fourth-order valence-electron chi connectivity index (χ4n) is 1.78. The Hall–Kier alpha value is -1.32. The maximum Gasteiger partial charge on any atom is 0.0991 e. The van der Waals surface area contributed by atoms with Gasteiger partial charge in [-0.1, -0.05) is 24.6 Å². The lowest BCUT2D eigenvalue weighted by Crippen LogP contribution is -2.22. The highest BCUT2D eigenvalue weighted by Crippen LogP contribution is 2.21. The van der Waals surface area contributed by atoms with Gasteiger partial charge in [0.15, 0.2) is 0 Å². The zero-order chi connectivity index (χ0) is 12.3. The van der Waals surface area contributed by atoms with Crippen molar-refractivity contribution in [3.05, 3.63) is 47.5 Å². The number of imidazole rings is 1. The van der Waals surface area contributed by atoms with E-state index in [4.69, 9.17) is 17.3 Å². The lowest BCUT2D eigenvalue weighted by atomic mass is 10.0. The Labute approximate surface area is 106 Å². The van der Waals surface area contributed by atoms with Gasteiger partial charge in [-0.25, -0.2) is 4.98 Å². The first-order valence-corrected chi connectivity index (χ1v) is 6.11. The summed E-state index contributed by atoms with van der Waals surface area (Å²) in [5, 5.41) is 0.725. The molecule has 2 rings (SSSR count). The summed E-state index contributed by atoms with van der Waals surface area (Å²) in [6.07, 6.45) is 7.25. The molecule has 1 aromatic carbocycles. The van der Waals surface area contributed by atoms with Crippen molar-refractivity contribution in [2.75, 3.05) is 0 Å². The number of nitrogens with zero attached hydrogens (tertiary/aromatic N) is 2. The molecular formula is C13H16ClN3. The largest absolute Gasteiger partial charge is 0.327 e. The van der Waals surface area contributed by atoms with Crippen LogP contribution in [-0.2, 0) is 6.42 Å². The standard InChI is InChI=1S/C13H16ClN3/c1-2-12(15)7-10-3-4-11(14)8-13(10)17-6-5-16-9-17/h3-6,8-9,12H,2,7,15H2,1H3. The van der Waals surface area contributed by atoms with E-state index in [0.29, 0.717) is 0 Å². The molecule has 0 aliphatic rings. The number of nitrogens with two attached hydrogens (primary N) is 1. The fraction of sp³-hybridized carbons (Fsp3) is 0.308. The summed E-state index contributed by atoms with van der Waals surface area (Å²) >= 11 is 6.04. The van der Waals surface area contributed by atoms with E-state index in [1.807, 2.05) is 29.0 Å². The molecule has 0 saturated carbocycles. The molecule has 17 heavy (non-hydrogen) atoms. The topological polar surface area (TPSA) is 43.8 Å². The van der Waals surface area contributed by atoms with Gasteiger partial charge in [0, 0.05) is 23.5 Å². The molecule has 0 aliphatic carbocycles. The molecule has 90 valence electrons. The van der Waals surface area contributed by atoms with Crippen molar-refractivity contribution in [2.24, 2.45) is 5.73 Å². The van der Waals surface area contributed by atoms with Gasteiger partial charge in [0.25, 0.3) is 0 Å². The van der Waals surface area contributed by atoms with Crippen LogP contribution in [0.4, 0.5) is 0 Å². The monoisotopic (exact) mass is 249 g/mol. The van der Waals surface area contributed by atoms with Crippen LogP contribution >= 0.6 is 11.6 Å². The lowest BCUT2D eigenvalue weighted by Gasteiger charge is -2.14.